The predicted molar refractivity (Wildman–Crippen MR) is 186 cm³/mol. The van der Waals surface area contributed by atoms with Crippen molar-refractivity contribution in [2.45, 2.75) is 58.3 Å². The van der Waals surface area contributed by atoms with Gasteiger partial charge in [0.15, 0.2) is 8.67 Å². The fourth-order valence-corrected chi connectivity index (χ4v) is 5.92. The molecule has 42 heavy (non-hydrogen) atoms. The maximum Gasteiger partial charge on any atom is 0.304 e. The quantitative estimate of drug-likeness (QED) is 0.128. The van der Waals surface area contributed by atoms with Gasteiger partial charge < -0.3 is 24.8 Å². The Morgan fingerprint density at radius 2 is 0.952 bits per heavy atom. The average Bonchev–Trinajstić information content (AvgIpc) is 3.77. The summed E-state index contributed by atoms with van der Waals surface area (Å²) >= 11 is 51.2. The zero-order valence-corrected chi connectivity index (χ0v) is 43.8. The Morgan fingerprint density at radius 3 is 0.976 bits per heavy atom. The van der Waals surface area contributed by atoms with Gasteiger partial charge in [-0.2, -0.15) is 0 Å². The van der Waals surface area contributed by atoms with Crippen LogP contribution in [0.25, 0.3) is 0 Å². The van der Waals surface area contributed by atoms with E-state index in [0.29, 0.717) is 41.0 Å². The van der Waals surface area contributed by atoms with Crippen molar-refractivity contribution in [1.82, 2.24) is 0 Å². The molecule has 0 N–H and O–H groups in total. The predicted octanol–water partition coefficient (Wildman–Crippen LogP) is -4.93. The first-order chi connectivity index (χ1) is 16.4. The van der Waals surface area contributed by atoms with Crippen LogP contribution < -0.4 is 30.2 Å². The van der Waals surface area contributed by atoms with Crippen LogP contribution in [0.2, 0.25) is 0 Å². The third-order valence-electron chi connectivity index (χ3n) is 5.16. The summed E-state index contributed by atoms with van der Waals surface area (Å²) in [7, 11) is 0. The van der Waals surface area contributed by atoms with Crippen molar-refractivity contribution >= 4 is 243 Å². The molecule has 5 unspecified atom stereocenters. The Morgan fingerprint density at radius 1 is 0.714 bits per heavy atom. The summed E-state index contributed by atoms with van der Waals surface area (Å²) in [5.74, 6) is 1.28. The Hall–Kier alpha value is 5.11. The van der Waals surface area contributed by atoms with Crippen molar-refractivity contribution in [2.24, 2.45) is 27.6 Å². The molecular formula is C17H24Al8Cl10N4O3-2. The minimum absolute atomic E-state index is 0. The van der Waals surface area contributed by atoms with E-state index in [1.165, 1.54) is 0 Å². The molecule has 3 fully saturated rings. The summed E-state index contributed by atoms with van der Waals surface area (Å²) in [6, 6.07) is 1.39. The second-order valence-corrected chi connectivity index (χ2v) is 13.2. The number of rotatable bonds is 5. The summed E-state index contributed by atoms with van der Waals surface area (Å²) in [5.41, 5.74) is 1.54. The van der Waals surface area contributed by atoms with Gasteiger partial charge in [-0.15, -0.1) is 11.6 Å². The minimum atomic E-state index is -1.16. The van der Waals surface area contributed by atoms with Crippen LogP contribution in [-0.2, 0) is 9.59 Å². The molecule has 0 bridgehead atoms. The van der Waals surface area contributed by atoms with Crippen LogP contribution in [-0.4, -0.2) is 182 Å². The van der Waals surface area contributed by atoms with Gasteiger partial charge in [0.1, 0.15) is 74.8 Å². The first kappa shape index (κ1) is 62.3. The van der Waals surface area contributed by atoms with E-state index < -0.39 is 24.5 Å². The van der Waals surface area contributed by atoms with Crippen LogP contribution in [0.1, 0.15) is 19.4 Å². The van der Waals surface area contributed by atoms with Gasteiger partial charge in [-0.1, -0.05) is 46.4 Å². The maximum atomic E-state index is 10.3. The number of alkyl halides is 6. The molecule has 3 aliphatic rings. The molecule has 0 aliphatic heterocycles. The van der Waals surface area contributed by atoms with E-state index in [-0.39, 0.29) is 99.7 Å². The third kappa shape index (κ3) is 20.1. The Kier molecular flexibility index (Phi) is 42.6. The fourth-order valence-electron chi connectivity index (χ4n) is 2.19. The van der Waals surface area contributed by atoms with Crippen molar-refractivity contribution in [3.63, 3.8) is 0 Å². The summed E-state index contributed by atoms with van der Waals surface area (Å²) in [5, 5.41) is -2.52. The molecule has 3 aliphatic carbocycles. The van der Waals surface area contributed by atoms with Gasteiger partial charge in [0.2, 0.25) is 0 Å². The van der Waals surface area contributed by atoms with Crippen LogP contribution in [0.4, 0.5) is 5.69 Å². The largest absolute Gasteiger partial charge is 1.00 e. The number of carbonyl (C=O) groups is 2. The molecular weight excluding hydrogens is 879 g/mol. The topological polar surface area (TPSA) is 101 Å². The molecule has 5 atom stereocenters. The van der Waals surface area contributed by atoms with E-state index in [1.54, 1.807) is 6.92 Å². The van der Waals surface area contributed by atoms with Crippen molar-refractivity contribution in [3.05, 3.63) is 15.8 Å². The summed E-state index contributed by atoms with van der Waals surface area (Å²) in [4.78, 5) is 29.1. The first-order valence-electron chi connectivity index (χ1n) is 9.70. The van der Waals surface area contributed by atoms with Crippen LogP contribution >= 0.6 is 92.8 Å². The fraction of sp³-hybridized carbons (Fsp3) is 0.706. The molecule has 1 aromatic carbocycles. The van der Waals surface area contributed by atoms with Gasteiger partial charge in [0.25, 0.3) is 0 Å². The Bertz CT molecular complexity index is 974. The smallest absolute Gasteiger partial charge is 0.304 e. The normalized spacial score (nSPS) is 25.2. The SMILES string of the molecule is CC1C(Cl)C1[N]=[Al].CC1C([N]=[Al])C1[N]=[Al].Cc1c([N]=[Al])c1=O.ClC1C(Cl)(Cl)C1(Cl)Cl.O=C(Cl)C(=O)Cl.[AlH2].[AlH2].[AlH2].[AlH2].[Cl-].[Cl-]. The molecule has 1 aromatic rings. The van der Waals surface area contributed by atoms with E-state index in [2.05, 4.69) is 117 Å². The molecule has 226 valence electrons. The number of hydrogen-bond donors (Lipinski definition) is 0. The molecule has 0 heterocycles. The van der Waals surface area contributed by atoms with E-state index in [1.807, 2.05) is 0 Å². The Balaban J connectivity index is -0.0000000707. The van der Waals surface area contributed by atoms with E-state index in [0.717, 1.165) is 5.56 Å². The molecule has 25 heteroatoms. The standard InChI is InChI=1S/C4H6ClN.C4H6N2.C4H3NO.C3HCl5.C2Cl2O2.8Al.2ClH.8H/c3*1-2-3(5)4(2)6;4-1-2(5,6)3(1,7)8;3-1(5)2(4)6;;;;;;;;;;;;;;;;;;/h2*2-4H,1H3;1H3;1H;;;;;;;;;;2*1H;;;;;;;;/p-2. The van der Waals surface area contributed by atoms with Gasteiger partial charge >= 0.3 is 180 Å². The second-order valence-electron chi connectivity index (χ2n) is 7.67. The van der Waals surface area contributed by atoms with Crippen molar-refractivity contribution in [1.29, 1.82) is 0 Å². The van der Waals surface area contributed by atoms with Crippen LogP contribution in [0.15, 0.2) is 20.5 Å². The van der Waals surface area contributed by atoms with Crippen molar-refractivity contribution in [2.75, 3.05) is 0 Å². The first-order valence-corrected chi connectivity index (χ1v) is 14.9. The molecule has 7 nitrogen and oxygen atoms in total. The average molecular weight is 903 g/mol. The van der Waals surface area contributed by atoms with Gasteiger partial charge in [-0.3, -0.25) is 9.59 Å². The molecule has 0 saturated heterocycles. The number of halogens is 10. The van der Waals surface area contributed by atoms with Crippen LogP contribution in [0.5, 0.6) is 0 Å². The van der Waals surface area contributed by atoms with Crippen molar-refractivity contribution < 1.29 is 34.4 Å². The van der Waals surface area contributed by atoms with E-state index >= 15 is 0 Å². The molecule has 4 rings (SSSR count). The molecule has 0 aromatic heterocycles. The molecule has 8 radical (unpaired) electrons. The van der Waals surface area contributed by atoms with Crippen molar-refractivity contribution in [3.8, 4) is 0 Å². The third-order valence-corrected chi connectivity index (χ3v) is 11.1. The zero-order chi connectivity index (χ0) is 28.8. The summed E-state index contributed by atoms with van der Waals surface area (Å²) in [6.07, 6.45) is 0. The van der Waals surface area contributed by atoms with Gasteiger partial charge in [-0.05, 0) is 23.2 Å². The second kappa shape index (κ2) is 28.8. The monoisotopic (exact) mass is 898 g/mol. The molecule has 3 saturated carbocycles. The van der Waals surface area contributed by atoms with Gasteiger partial charge in [-0.25, -0.2) is 0 Å². The van der Waals surface area contributed by atoms with E-state index in [9.17, 15) is 14.4 Å². The summed E-state index contributed by atoms with van der Waals surface area (Å²) < 4.78 is 13.3. The van der Waals surface area contributed by atoms with Gasteiger partial charge in [0, 0.05) is 0 Å². The Labute approximate surface area is 373 Å². The number of hydrogen-bond acceptors (Lipinski definition) is 7. The molecule has 0 spiro atoms. The van der Waals surface area contributed by atoms with Gasteiger partial charge in [0.05, 0.1) is 0 Å². The zero-order valence-electron chi connectivity index (χ0n) is 23.6. The molecule has 0 amide bonds. The van der Waals surface area contributed by atoms with E-state index in [4.69, 9.17) is 69.6 Å². The van der Waals surface area contributed by atoms with Crippen LogP contribution in [0.3, 0.4) is 0 Å². The number of nitrogens with zero attached hydrogens (tertiary/aromatic N) is 4. The minimum Gasteiger partial charge on any atom is -1.00 e. The maximum absolute atomic E-state index is 10.3. The van der Waals surface area contributed by atoms with Crippen LogP contribution in [0, 0.1) is 18.8 Å². The summed E-state index contributed by atoms with van der Waals surface area (Å²) in [6.45, 7) is 6.04. The number of carbonyl (C=O) groups excluding carboxylic acids is 2.